The van der Waals surface area contributed by atoms with E-state index in [-0.39, 0.29) is 0 Å². The minimum Gasteiger partial charge on any atom is -0.376 e. The molecule has 1 saturated heterocycles. The van der Waals surface area contributed by atoms with E-state index in [0.717, 1.165) is 26.2 Å². The van der Waals surface area contributed by atoms with Crippen molar-refractivity contribution in [2.24, 2.45) is 0 Å². The number of thiophene rings is 1. The third kappa shape index (κ3) is 3.79. The van der Waals surface area contributed by atoms with Crippen LogP contribution in [0.5, 0.6) is 0 Å². The van der Waals surface area contributed by atoms with Crippen LogP contribution in [-0.2, 0) is 4.74 Å². The molecule has 0 bridgehead atoms. The van der Waals surface area contributed by atoms with Crippen molar-refractivity contribution >= 4 is 11.3 Å². The predicted octanol–water partition coefficient (Wildman–Crippen LogP) is 2.51. The van der Waals surface area contributed by atoms with Crippen LogP contribution in [-0.4, -0.2) is 43.3 Å². The zero-order valence-electron chi connectivity index (χ0n) is 11.6. The first kappa shape index (κ1) is 14.0. The van der Waals surface area contributed by atoms with Crippen LogP contribution in [0.15, 0.2) is 17.5 Å². The summed E-state index contributed by atoms with van der Waals surface area (Å²) in [6.07, 6.45) is 0.371. The molecule has 0 spiro atoms. The van der Waals surface area contributed by atoms with Crippen molar-refractivity contribution in [3.8, 4) is 0 Å². The van der Waals surface area contributed by atoms with Gasteiger partial charge in [0.25, 0.3) is 0 Å². The van der Waals surface area contributed by atoms with Gasteiger partial charge in [-0.1, -0.05) is 6.07 Å². The molecule has 2 rings (SSSR count). The second-order valence-corrected chi connectivity index (χ2v) is 6.16. The van der Waals surface area contributed by atoms with Gasteiger partial charge in [0.05, 0.1) is 12.7 Å². The van der Waals surface area contributed by atoms with Crippen molar-refractivity contribution in [3.05, 3.63) is 22.4 Å². The molecule has 1 aliphatic heterocycles. The van der Waals surface area contributed by atoms with Crippen molar-refractivity contribution in [1.82, 2.24) is 10.2 Å². The summed E-state index contributed by atoms with van der Waals surface area (Å²) in [7, 11) is 0. The maximum atomic E-state index is 5.65. The molecule has 102 valence electrons. The van der Waals surface area contributed by atoms with Gasteiger partial charge in [0.2, 0.25) is 0 Å². The van der Waals surface area contributed by atoms with E-state index >= 15 is 0 Å². The molecule has 18 heavy (non-hydrogen) atoms. The van der Waals surface area contributed by atoms with Gasteiger partial charge in [-0.3, -0.25) is 4.90 Å². The maximum absolute atomic E-state index is 5.65. The third-order valence-electron chi connectivity index (χ3n) is 3.56. The second kappa shape index (κ2) is 6.66. The van der Waals surface area contributed by atoms with E-state index in [9.17, 15) is 0 Å². The van der Waals surface area contributed by atoms with E-state index in [1.807, 2.05) is 11.3 Å². The molecule has 3 atom stereocenters. The summed E-state index contributed by atoms with van der Waals surface area (Å²) >= 11 is 1.82. The van der Waals surface area contributed by atoms with Crippen LogP contribution in [0.3, 0.4) is 0 Å². The minimum atomic E-state index is 0.371. The Morgan fingerprint density at radius 1 is 1.56 bits per heavy atom. The molecule has 0 aromatic carbocycles. The summed E-state index contributed by atoms with van der Waals surface area (Å²) < 4.78 is 5.65. The number of nitrogens with zero attached hydrogens (tertiary/aromatic N) is 1. The summed E-state index contributed by atoms with van der Waals surface area (Å²) in [5.74, 6) is 0. The highest BCUT2D eigenvalue weighted by molar-refractivity contribution is 7.10. The van der Waals surface area contributed by atoms with E-state index in [1.165, 1.54) is 4.88 Å². The molecule has 4 heteroatoms. The molecule has 3 unspecified atom stereocenters. The van der Waals surface area contributed by atoms with Gasteiger partial charge in [0.15, 0.2) is 0 Å². The van der Waals surface area contributed by atoms with E-state index in [1.54, 1.807) is 0 Å². The molecule has 1 aliphatic rings. The number of hydrogen-bond acceptors (Lipinski definition) is 4. The number of rotatable bonds is 5. The lowest BCUT2D eigenvalue weighted by molar-refractivity contribution is -0.0487. The van der Waals surface area contributed by atoms with Crippen molar-refractivity contribution < 1.29 is 4.74 Å². The fourth-order valence-corrected chi connectivity index (χ4v) is 3.11. The van der Waals surface area contributed by atoms with Gasteiger partial charge in [-0.15, -0.1) is 11.3 Å². The van der Waals surface area contributed by atoms with Crippen molar-refractivity contribution in [2.75, 3.05) is 26.2 Å². The van der Waals surface area contributed by atoms with Gasteiger partial charge in [0, 0.05) is 36.6 Å². The average molecular weight is 268 g/mol. The highest BCUT2D eigenvalue weighted by Crippen LogP contribution is 2.18. The zero-order valence-corrected chi connectivity index (χ0v) is 12.4. The van der Waals surface area contributed by atoms with Crippen molar-refractivity contribution in [3.63, 3.8) is 0 Å². The zero-order chi connectivity index (χ0) is 13.0. The molecule has 2 heterocycles. The Bertz CT molecular complexity index is 342. The lowest BCUT2D eigenvalue weighted by Gasteiger charge is -2.37. The molecule has 0 saturated carbocycles. The van der Waals surface area contributed by atoms with E-state index in [4.69, 9.17) is 4.74 Å². The van der Waals surface area contributed by atoms with Gasteiger partial charge in [-0.05, 0) is 32.2 Å². The summed E-state index contributed by atoms with van der Waals surface area (Å²) in [4.78, 5) is 3.93. The Morgan fingerprint density at radius 3 is 3.11 bits per heavy atom. The summed E-state index contributed by atoms with van der Waals surface area (Å²) in [6, 6.07) is 5.31. The first-order valence-corrected chi connectivity index (χ1v) is 7.67. The fraction of sp³-hybridized carbons (Fsp3) is 0.714. The Kier molecular flexibility index (Phi) is 5.18. The van der Waals surface area contributed by atoms with Crippen LogP contribution < -0.4 is 5.32 Å². The van der Waals surface area contributed by atoms with Crippen LogP contribution in [0, 0.1) is 0 Å². The first-order chi connectivity index (χ1) is 8.66. The number of ether oxygens (including phenoxy) is 1. The smallest absolute Gasteiger partial charge is 0.0674 e. The van der Waals surface area contributed by atoms with Crippen LogP contribution in [0.4, 0.5) is 0 Å². The summed E-state index contributed by atoms with van der Waals surface area (Å²) in [6.45, 7) is 10.7. The molecule has 1 aromatic heterocycles. The lowest BCUT2D eigenvalue weighted by atomic mass is 10.2. The molecular formula is C14H24N2OS. The van der Waals surface area contributed by atoms with Gasteiger partial charge in [0.1, 0.15) is 0 Å². The molecule has 0 amide bonds. The summed E-state index contributed by atoms with van der Waals surface area (Å²) in [5, 5.41) is 5.73. The van der Waals surface area contributed by atoms with Crippen LogP contribution in [0.2, 0.25) is 0 Å². The molecule has 0 aliphatic carbocycles. The van der Waals surface area contributed by atoms with Crippen LogP contribution >= 0.6 is 11.3 Å². The first-order valence-electron chi connectivity index (χ1n) is 6.79. The fourth-order valence-electron chi connectivity index (χ4n) is 2.35. The average Bonchev–Trinajstić information content (AvgIpc) is 2.87. The number of nitrogens with one attached hydrogen (secondary N) is 1. The quantitative estimate of drug-likeness (QED) is 0.888. The maximum Gasteiger partial charge on any atom is 0.0674 e. The minimum absolute atomic E-state index is 0.371. The van der Waals surface area contributed by atoms with Gasteiger partial charge in [-0.25, -0.2) is 0 Å². The molecular weight excluding hydrogens is 244 g/mol. The third-order valence-corrected chi connectivity index (χ3v) is 4.61. The van der Waals surface area contributed by atoms with E-state index < -0.39 is 0 Å². The Morgan fingerprint density at radius 2 is 2.39 bits per heavy atom. The highest BCUT2D eigenvalue weighted by Gasteiger charge is 2.22. The lowest BCUT2D eigenvalue weighted by Crippen LogP contribution is -2.49. The van der Waals surface area contributed by atoms with E-state index in [2.05, 4.69) is 48.5 Å². The van der Waals surface area contributed by atoms with E-state index in [0.29, 0.717) is 18.2 Å². The van der Waals surface area contributed by atoms with Crippen molar-refractivity contribution in [2.45, 2.75) is 39.0 Å². The predicted molar refractivity (Wildman–Crippen MR) is 77.2 cm³/mol. The Balaban J connectivity index is 1.71. The molecule has 1 fully saturated rings. The highest BCUT2D eigenvalue weighted by atomic mass is 32.1. The second-order valence-electron chi connectivity index (χ2n) is 5.18. The largest absolute Gasteiger partial charge is 0.376 e. The molecule has 3 nitrogen and oxygen atoms in total. The monoisotopic (exact) mass is 268 g/mol. The SMILES string of the molecule is CC1CN(CCNC(C)c2cccs2)C(C)CO1. The summed E-state index contributed by atoms with van der Waals surface area (Å²) in [5.41, 5.74) is 0. The normalized spacial score (nSPS) is 27.3. The Hall–Kier alpha value is -0.420. The van der Waals surface area contributed by atoms with Gasteiger partial charge < -0.3 is 10.1 Å². The topological polar surface area (TPSA) is 24.5 Å². The number of hydrogen-bond donors (Lipinski definition) is 1. The molecule has 1 N–H and O–H groups in total. The van der Waals surface area contributed by atoms with Crippen LogP contribution in [0.1, 0.15) is 31.7 Å². The Labute approximate surface area is 114 Å². The van der Waals surface area contributed by atoms with Gasteiger partial charge in [-0.2, -0.15) is 0 Å². The molecule has 1 aromatic rings. The van der Waals surface area contributed by atoms with Crippen molar-refractivity contribution in [1.29, 1.82) is 0 Å². The van der Waals surface area contributed by atoms with Gasteiger partial charge >= 0.3 is 0 Å². The standard InChI is InChI=1S/C14H24N2OS/c1-11-10-17-12(2)9-16(11)7-6-15-13(3)14-5-4-8-18-14/h4-5,8,11-13,15H,6-7,9-10H2,1-3H3. The molecule has 0 radical (unpaired) electrons. The number of morpholine rings is 1. The van der Waals surface area contributed by atoms with Crippen LogP contribution in [0.25, 0.3) is 0 Å².